The summed E-state index contributed by atoms with van der Waals surface area (Å²) in [6.07, 6.45) is 9.58. The summed E-state index contributed by atoms with van der Waals surface area (Å²) in [5.74, 6) is 0. The first-order valence-electron chi connectivity index (χ1n) is 4.73. The molecule has 0 N–H and O–H groups in total. The molecule has 1 heterocycles. The van der Waals surface area contributed by atoms with Gasteiger partial charge in [-0.1, -0.05) is 18.6 Å². The predicted octanol–water partition coefficient (Wildman–Crippen LogP) is 3.38. The van der Waals surface area contributed by atoms with Crippen molar-refractivity contribution in [3.8, 4) is 0 Å². The number of hydrogen-bond donors (Lipinski definition) is 0. The van der Waals surface area contributed by atoms with Crippen molar-refractivity contribution in [1.29, 1.82) is 0 Å². The molecule has 1 aliphatic heterocycles. The van der Waals surface area contributed by atoms with Crippen LogP contribution in [0, 0.1) is 0 Å². The first-order valence-corrected chi connectivity index (χ1v) is 5.68. The maximum atomic E-state index is 2.53. The normalized spacial score (nSPS) is 35.9. The Hall–Kier alpha value is 0.0900. The van der Waals surface area contributed by atoms with E-state index in [1.807, 2.05) is 0 Å². The van der Waals surface area contributed by atoms with E-state index in [0.29, 0.717) is 0 Å². The van der Waals surface area contributed by atoms with E-state index < -0.39 is 0 Å². The van der Waals surface area contributed by atoms with Gasteiger partial charge in [-0.3, -0.25) is 0 Å². The molecule has 1 saturated carbocycles. The molecule has 0 amide bonds. The lowest BCUT2D eigenvalue weighted by Gasteiger charge is -2.03. The molecule has 2 aliphatic rings. The van der Waals surface area contributed by atoms with Crippen molar-refractivity contribution in [3.05, 3.63) is 11.6 Å². The van der Waals surface area contributed by atoms with Crippen molar-refractivity contribution in [2.24, 2.45) is 0 Å². The van der Waals surface area contributed by atoms with E-state index in [4.69, 9.17) is 0 Å². The summed E-state index contributed by atoms with van der Waals surface area (Å²) < 4.78 is 0. The fourth-order valence-corrected chi connectivity index (χ4v) is 3.16. The molecule has 0 aromatic rings. The monoisotopic (exact) mass is 168 g/mol. The average molecular weight is 168 g/mol. The minimum Gasteiger partial charge on any atom is -0.151 e. The summed E-state index contributed by atoms with van der Waals surface area (Å²) in [5, 5.41) is 1.85. The van der Waals surface area contributed by atoms with Crippen LogP contribution in [-0.4, -0.2) is 10.5 Å². The van der Waals surface area contributed by atoms with Gasteiger partial charge in [0.25, 0.3) is 0 Å². The number of thioether (sulfide) groups is 1. The van der Waals surface area contributed by atoms with Gasteiger partial charge in [-0.05, 0) is 32.1 Å². The quantitative estimate of drug-likeness (QED) is 0.570. The first kappa shape index (κ1) is 7.72. The molecule has 0 aromatic carbocycles. The standard InChI is InChI=1S/C10H16S/c1-2-9-5-6-10(11-9)7-8-3-4-8/h7,9-10H,2-6H2,1H3. The van der Waals surface area contributed by atoms with Crippen molar-refractivity contribution in [2.45, 2.75) is 49.5 Å². The maximum Gasteiger partial charge on any atom is 0.0232 e. The van der Waals surface area contributed by atoms with Crippen LogP contribution >= 0.6 is 11.8 Å². The Labute approximate surface area is 73.4 Å². The molecular weight excluding hydrogens is 152 g/mol. The van der Waals surface area contributed by atoms with Crippen LogP contribution in [0.5, 0.6) is 0 Å². The smallest absolute Gasteiger partial charge is 0.0232 e. The van der Waals surface area contributed by atoms with Crippen LogP contribution in [0.3, 0.4) is 0 Å². The first-order chi connectivity index (χ1) is 5.38. The Morgan fingerprint density at radius 1 is 1.45 bits per heavy atom. The lowest BCUT2D eigenvalue weighted by atomic mass is 10.1. The van der Waals surface area contributed by atoms with Gasteiger partial charge in [0.15, 0.2) is 0 Å². The molecule has 2 atom stereocenters. The molecule has 0 bridgehead atoms. The Kier molecular flexibility index (Phi) is 2.26. The summed E-state index contributed by atoms with van der Waals surface area (Å²) in [6, 6.07) is 0. The molecule has 0 nitrogen and oxygen atoms in total. The molecule has 2 fully saturated rings. The number of rotatable bonds is 2. The Morgan fingerprint density at radius 3 is 2.82 bits per heavy atom. The highest BCUT2D eigenvalue weighted by molar-refractivity contribution is 8.00. The van der Waals surface area contributed by atoms with E-state index in [0.717, 1.165) is 10.5 Å². The van der Waals surface area contributed by atoms with E-state index in [2.05, 4.69) is 24.8 Å². The lowest BCUT2D eigenvalue weighted by molar-refractivity contribution is 0.740. The predicted molar refractivity (Wildman–Crippen MR) is 52.0 cm³/mol. The second-order valence-corrected chi connectivity index (χ2v) is 5.15. The largest absolute Gasteiger partial charge is 0.151 e. The fraction of sp³-hybridized carbons (Fsp3) is 0.800. The summed E-state index contributed by atoms with van der Waals surface area (Å²) >= 11 is 2.20. The Morgan fingerprint density at radius 2 is 2.27 bits per heavy atom. The van der Waals surface area contributed by atoms with Crippen LogP contribution in [0.15, 0.2) is 11.6 Å². The van der Waals surface area contributed by atoms with Crippen molar-refractivity contribution in [2.75, 3.05) is 0 Å². The highest BCUT2D eigenvalue weighted by Gasteiger charge is 2.24. The van der Waals surface area contributed by atoms with E-state index in [-0.39, 0.29) is 0 Å². The van der Waals surface area contributed by atoms with Crippen LogP contribution in [0.4, 0.5) is 0 Å². The zero-order chi connectivity index (χ0) is 7.68. The van der Waals surface area contributed by atoms with Crippen LogP contribution in [0.1, 0.15) is 39.0 Å². The SMILES string of the molecule is CCC1CCC(C=C2CC2)S1. The van der Waals surface area contributed by atoms with Gasteiger partial charge in [0.1, 0.15) is 0 Å². The maximum absolute atomic E-state index is 2.53. The summed E-state index contributed by atoms with van der Waals surface area (Å²) in [4.78, 5) is 0. The summed E-state index contributed by atoms with van der Waals surface area (Å²) in [6.45, 7) is 2.31. The highest BCUT2D eigenvalue weighted by Crippen LogP contribution is 2.39. The van der Waals surface area contributed by atoms with Crippen LogP contribution < -0.4 is 0 Å². The van der Waals surface area contributed by atoms with Gasteiger partial charge in [0, 0.05) is 10.5 Å². The van der Waals surface area contributed by atoms with Crippen molar-refractivity contribution in [3.63, 3.8) is 0 Å². The van der Waals surface area contributed by atoms with Crippen LogP contribution in [-0.2, 0) is 0 Å². The van der Waals surface area contributed by atoms with E-state index in [9.17, 15) is 0 Å². The molecule has 62 valence electrons. The minimum absolute atomic E-state index is 0.887. The average Bonchev–Trinajstić information content (AvgIpc) is 2.68. The molecule has 1 aliphatic carbocycles. The van der Waals surface area contributed by atoms with Crippen molar-refractivity contribution < 1.29 is 0 Å². The fourth-order valence-electron chi connectivity index (χ4n) is 1.66. The van der Waals surface area contributed by atoms with Gasteiger partial charge in [-0.15, -0.1) is 0 Å². The zero-order valence-electron chi connectivity index (χ0n) is 7.18. The van der Waals surface area contributed by atoms with Gasteiger partial charge >= 0.3 is 0 Å². The third kappa shape index (κ3) is 2.02. The molecule has 2 unspecified atom stereocenters. The van der Waals surface area contributed by atoms with Gasteiger partial charge in [0.05, 0.1) is 0 Å². The van der Waals surface area contributed by atoms with Crippen molar-refractivity contribution >= 4 is 11.8 Å². The molecule has 1 saturated heterocycles. The van der Waals surface area contributed by atoms with Crippen molar-refractivity contribution in [1.82, 2.24) is 0 Å². The second-order valence-electron chi connectivity index (χ2n) is 3.61. The molecular formula is C10H16S. The third-order valence-electron chi connectivity index (χ3n) is 2.56. The van der Waals surface area contributed by atoms with E-state index >= 15 is 0 Å². The molecule has 0 aromatic heterocycles. The highest BCUT2D eigenvalue weighted by atomic mass is 32.2. The minimum atomic E-state index is 0.887. The summed E-state index contributed by atoms with van der Waals surface area (Å²) in [5.41, 5.74) is 1.72. The van der Waals surface area contributed by atoms with Gasteiger partial charge < -0.3 is 0 Å². The molecule has 11 heavy (non-hydrogen) atoms. The molecule has 0 radical (unpaired) electrons. The molecule has 0 spiro atoms. The molecule has 2 rings (SSSR count). The zero-order valence-corrected chi connectivity index (χ0v) is 7.99. The van der Waals surface area contributed by atoms with Gasteiger partial charge in [0.2, 0.25) is 0 Å². The van der Waals surface area contributed by atoms with E-state index in [1.54, 1.807) is 5.57 Å². The lowest BCUT2D eigenvalue weighted by Crippen LogP contribution is -1.92. The Bertz CT molecular complexity index is 166. The van der Waals surface area contributed by atoms with Gasteiger partial charge in [-0.25, -0.2) is 0 Å². The van der Waals surface area contributed by atoms with E-state index in [1.165, 1.54) is 32.1 Å². The van der Waals surface area contributed by atoms with Gasteiger partial charge in [-0.2, -0.15) is 11.8 Å². The number of allylic oxidation sites excluding steroid dienone is 1. The third-order valence-corrected chi connectivity index (χ3v) is 4.23. The molecule has 1 heteroatoms. The second kappa shape index (κ2) is 3.22. The topological polar surface area (TPSA) is 0 Å². The van der Waals surface area contributed by atoms with Crippen LogP contribution in [0.25, 0.3) is 0 Å². The number of hydrogen-bond acceptors (Lipinski definition) is 1. The summed E-state index contributed by atoms with van der Waals surface area (Å²) in [7, 11) is 0. The van der Waals surface area contributed by atoms with Crippen LogP contribution in [0.2, 0.25) is 0 Å². The Balaban J connectivity index is 1.84.